The molecule has 0 amide bonds. The molecule has 2 aromatic heterocycles. The van der Waals surface area contributed by atoms with Crippen LogP contribution in [0.4, 0.5) is 0 Å². The molecule has 18 heavy (non-hydrogen) atoms. The smallest absolute Gasteiger partial charge is 0.182 e. The standard InChI is InChI=1S/C12H13N5S/c1-7(2)8-5-18-12(17-8)10-9-11(16-6-15-10)14-4-3-13-9/h3-4,6-8H,5H2,1-2H3. The zero-order valence-corrected chi connectivity index (χ0v) is 11.1. The van der Waals surface area contributed by atoms with E-state index in [1.165, 1.54) is 6.33 Å². The fraction of sp³-hybridized carbons (Fsp3) is 0.417. The second-order valence-corrected chi connectivity index (χ2v) is 5.52. The molecule has 0 aliphatic carbocycles. The maximum absolute atomic E-state index is 4.73. The third kappa shape index (κ3) is 1.96. The van der Waals surface area contributed by atoms with E-state index in [-0.39, 0.29) is 0 Å². The molecule has 0 saturated heterocycles. The number of thioether (sulfide) groups is 1. The van der Waals surface area contributed by atoms with Crippen LogP contribution in [0.5, 0.6) is 0 Å². The molecule has 0 fully saturated rings. The Bertz CT molecular complexity index is 605. The van der Waals surface area contributed by atoms with Crippen LogP contribution in [0.1, 0.15) is 19.5 Å². The predicted molar refractivity (Wildman–Crippen MR) is 72.7 cm³/mol. The molecule has 1 atom stereocenters. The highest BCUT2D eigenvalue weighted by Crippen LogP contribution is 2.27. The lowest BCUT2D eigenvalue weighted by atomic mass is 10.1. The fourth-order valence-electron chi connectivity index (χ4n) is 1.81. The Morgan fingerprint density at radius 1 is 1.17 bits per heavy atom. The van der Waals surface area contributed by atoms with E-state index < -0.39 is 0 Å². The Morgan fingerprint density at radius 2 is 2.00 bits per heavy atom. The summed E-state index contributed by atoms with van der Waals surface area (Å²) in [6.45, 7) is 4.38. The maximum atomic E-state index is 4.73. The Morgan fingerprint density at radius 3 is 2.78 bits per heavy atom. The first-order chi connectivity index (χ1) is 8.75. The zero-order valence-electron chi connectivity index (χ0n) is 10.2. The lowest BCUT2D eigenvalue weighted by Gasteiger charge is -2.08. The highest BCUT2D eigenvalue weighted by atomic mass is 32.2. The predicted octanol–water partition coefficient (Wildman–Crippen LogP) is 1.94. The third-order valence-corrected chi connectivity index (χ3v) is 4.00. The van der Waals surface area contributed by atoms with Crippen LogP contribution in [-0.2, 0) is 0 Å². The van der Waals surface area contributed by atoms with Gasteiger partial charge in [-0.3, -0.25) is 4.99 Å². The van der Waals surface area contributed by atoms with Gasteiger partial charge in [0.05, 0.1) is 6.04 Å². The van der Waals surface area contributed by atoms with Crippen LogP contribution < -0.4 is 0 Å². The molecule has 3 heterocycles. The molecule has 0 N–H and O–H groups in total. The van der Waals surface area contributed by atoms with Crippen molar-refractivity contribution < 1.29 is 0 Å². The SMILES string of the molecule is CC(C)C1CSC(c2ncnc3nccnc23)=N1. The van der Waals surface area contributed by atoms with Crippen LogP contribution in [0.3, 0.4) is 0 Å². The van der Waals surface area contributed by atoms with Crippen molar-refractivity contribution in [1.29, 1.82) is 0 Å². The van der Waals surface area contributed by atoms with Crippen LogP contribution in [0.15, 0.2) is 23.7 Å². The van der Waals surface area contributed by atoms with Crippen molar-refractivity contribution in [3.05, 3.63) is 24.4 Å². The molecule has 6 heteroatoms. The molecule has 0 saturated carbocycles. The highest BCUT2D eigenvalue weighted by Gasteiger charge is 2.24. The van der Waals surface area contributed by atoms with Gasteiger partial charge in [0.1, 0.15) is 22.6 Å². The minimum atomic E-state index is 0.367. The molecule has 0 radical (unpaired) electrons. The van der Waals surface area contributed by atoms with E-state index in [9.17, 15) is 0 Å². The van der Waals surface area contributed by atoms with Gasteiger partial charge < -0.3 is 0 Å². The van der Waals surface area contributed by atoms with Gasteiger partial charge in [0.15, 0.2) is 5.65 Å². The average molecular weight is 259 g/mol. The molecule has 0 spiro atoms. The summed E-state index contributed by atoms with van der Waals surface area (Å²) < 4.78 is 0. The van der Waals surface area contributed by atoms with Crippen LogP contribution in [-0.4, -0.2) is 36.8 Å². The van der Waals surface area contributed by atoms with Crippen molar-refractivity contribution >= 4 is 28.0 Å². The first kappa shape index (κ1) is 11.5. The normalized spacial score (nSPS) is 19.5. The number of rotatable bonds is 2. The number of nitrogens with zero attached hydrogens (tertiary/aromatic N) is 5. The van der Waals surface area contributed by atoms with Gasteiger partial charge in [-0.1, -0.05) is 13.8 Å². The van der Waals surface area contributed by atoms with Gasteiger partial charge in [0, 0.05) is 18.1 Å². The van der Waals surface area contributed by atoms with E-state index in [2.05, 4.69) is 33.8 Å². The van der Waals surface area contributed by atoms with E-state index in [0.29, 0.717) is 17.6 Å². The lowest BCUT2D eigenvalue weighted by molar-refractivity contribution is 0.543. The summed E-state index contributed by atoms with van der Waals surface area (Å²) in [4.78, 5) is 21.7. The van der Waals surface area contributed by atoms with Gasteiger partial charge in [-0.25, -0.2) is 19.9 Å². The molecule has 0 bridgehead atoms. The first-order valence-electron chi connectivity index (χ1n) is 5.88. The monoisotopic (exact) mass is 259 g/mol. The van der Waals surface area contributed by atoms with Crippen molar-refractivity contribution in [2.45, 2.75) is 19.9 Å². The van der Waals surface area contributed by atoms with Gasteiger partial charge >= 0.3 is 0 Å². The molecule has 1 unspecified atom stereocenters. The Kier molecular flexibility index (Phi) is 2.95. The fourth-order valence-corrected chi connectivity index (χ4v) is 3.10. The number of aromatic nitrogens is 4. The number of hydrogen-bond acceptors (Lipinski definition) is 6. The molecule has 0 aromatic carbocycles. The molecule has 2 aromatic rings. The Hall–Kier alpha value is -1.56. The Labute approximate surface area is 109 Å². The van der Waals surface area contributed by atoms with Gasteiger partial charge in [-0.2, -0.15) is 0 Å². The summed E-state index contributed by atoms with van der Waals surface area (Å²) in [6.07, 6.45) is 4.83. The van der Waals surface area contributed by atoms with Gasteiger partial charge in [0.2, 0.25) is 0 Å². The first-order valence-corrected chi connectivity index (χ1v) is 6.87. The maximum Gasteiger partial charge on any atom is 0.182 e. The van der Waals surface area contributed by atoms with E-state index in [0.717, 1.165) is 22.0 Å². The molecule has 3 rings (SSSR count). The molecule has 5 nitrogen and oxygen atoms in total. The molecule has 1 aliphatic heterocycles. The van der Waals surface area contributed by atoms with Crippen molar-refractivity contribution in [2.75, 3.05) is 5.75 Å². The van der Waals surface area contributed by atoms with Gasteiger partial charge in [0.25, 0.3) is 0 Å². The lowest BCUT2D eigenvalue weighted by Crippen LogP contribution is -2.11. The largest absolute Gasteiger partial charge is 0.272 e. The van der Waals surface area contributed by atoms with Crippen LogP contribution in [0, 0.1) is 5.92 Å². The van der Waals surface area contributed by atoms with E-state index >= 15 is 0 Å². The quantitative estimate of drug-likeness (QED) is 0.824. The van der Waals surface area contributed by atoms with Crippen molar-refractivity contribution in [3.63, 3.8) is 0 Å². The van der Waals surface area contributed by atoms with Crippen LogP contribution >= 0.6 is 11.8 Å². The minimum absolute atomic E-state index is 0.367. The summed E-state index contributed by atoms with van der Waals surface area (Å²) in [7, 11) is 0. The van der Waals surface area contributed by atoms with E-state index in [4.69, 9.17) is 4.99 Å². The number of hydrogen-bond donors (Lipinski definition) is 0. The zero-order chi connectivity index (χ0) is 12.5. The summed E-state index contributed by atoms with van der Waals surface area (Å²) >= 11 is 1.74. The second kappa shape index (κ2) is 4.61. The topological polar surface area (TPSA) is 63.9 Å². The summed E-state index contributed by atoms with van der Waals surface area (Å²) in [5.74, 6) is 1.56. The van der Waals surface area contributed by atoms with Crippen molar-refractivity contribution in [1.82, 2.24) is 19.9 Å². The number of aliphatic imine (C=N–C) groups is 1. The van der Waals surface area contributed by atoms with Crippen LogP contribution in [0.25, 0.3) is 11.2 Å². The molecule has 92 valence electrons. The number of fused-ring (bicyclic) bond motifs is 1. The van der Waals surface area contributed by atoms with Crippen molar-refractivity contribution in [3.8, 4) is 0 Å². The summed E-state index contributed by atoms with van der Waals surface area (Å²) in [6, 6.07) is 0.367. The van der Waals surface area contributed by atoms with E-state index in [1.807, 2.05) is 0 Å². The Balaban J connectivity index is 2.08. The molecular formula is C12H13N5S. The highest BCUT2D eigenvalue weighted by molar-refractivity contribution is 8.14. The van der Waals surface area contributed by atoms with Crippen molar-refractivity contribution in [2.24, 2.45) is 10.9 Å². The minimum Gasteiger partial charge on any atom is -0.272 e. The van der Waals surface area contributed by atoms with Gasteiger partial charge in [-0.15, -0.1) is 11.8 Å². The third-order valence-electron chi connectivity index (χ3n) is 2.92. The summed E-state index contributed by atoms with van der Waals surface area (Å²) in [5, 5.41) is 0.960. The van der Waals surface area contributed by atoms with Crippen LogP contribution in [0.2, 0.25) is 0 Å². The second-order valence-electron chi connectivity index (χ2n) is 4.51. The summed E-state index contributed by atoms with van der Waals surface area (Å²) in [5.41, 5.74) is 2.16. The molecule has 1 aliphatic rings. The molecular weight excluding hydrogens is 246 g/mol. The van der Waals surface area contributed by atoms with E-state index in [1.54, 1.807) is 24.2 Å². The average Bonchev–Trinajstić information content (AvgIpc) is 2.87. The van der Waals surface area contributed by atoms with Gasteiger partial charge in [-0.05, 0) is 5.92 Å².